The molecule has 11 heavy (non-hydrogen) atoms. The minimum atomic E-state index is -0.692. The summed E-state index contributed by atoms with van der Waals surface area (Å²) in [5.74, 6) is 0. The van der Waals surface area contributed by atoms with Gasteiger partial charge in [0.1, 0.15) is 6.20 Å². The van der Waals surface area contributed by atoms with E-state index < -0.39 is 16.2 Å². The lowest BCUT2D eigenvalue weighted by molar-refractivity contribution is -0.386. The zero-order valence-electron chi connectivity index (χ0n) is 6.14. The fourth-order valence-corrected chi connectivity index (χ4v) is 0.753. The molecule has 0 saturated carbocycles. The number of nitrogens with zero attached hydrogens (tertiary/aromatic N) is 3. The van der Waals surface area contributed by atoms with E-state index in [4.69, 9.17) is 0 Å². The molecule has 0 bridgehead atoms. The molecule has 0 aliphatic rings. The number of hydrogen-bond acceptors (Lipinski definition) is 3. The predicted molar refractivity (Wildman–Crippen MR) is 37.3 cm³/mol. The molecule has 1 heterocycles. The van der Waals surface area contributed by atoms with E-state index in [1.807, 2.05) is 0 Å². The Labute approximate surface area is 61.8 Å². The zero-order chi connectivity index (χ0) is 8.59. The molecule has 1 aromatic heterocycles. The van der Waals surface area contributed by atoms with Crippen molar-refractivity contribution in [3.05, 3.63) is 26.7 Å². The molecule has 6 heteroatoms. The molecule has 1 rings (SSSR count). The highest BCUT2D eigenvalue weighted by Gasteiger charge is 2.16. The smallest absolute Gasteiger partial charge is 0.286 e. The minimum absolute atomic E-state index is 0.394. The monoisotopic (exact) mass is 157 g/mol. The van der Waals surface area contributed by atoms with E-state index in [0.717, 1.165) is 4.68 Å². The van der Waals surface area contributed by atoms with Crippen molar-refractivity contribution in [2.45, 2.75) is 0 Å². The van der Waals surface area contributed by atoms with Crippen LogP contribution < -0.4 is 5.56 Å². The van der Waals surface area contributed by atoms with Crippen molar-refractivity contribution in [3.8, 4) is 0 Å². The molecule has 0 spiro atoms. The summed E-state index contributed by atoms with van der Waals surface area (Å²) in [4.78, 5) is 20.4. The Hall–Kier alpha value is -1.59. The van der Waals surface area contributed by atoms with Crippen LogP contribution in [0.1, 0.15) is 0 Å². The van der Waals surface area contributed by atoms with E-state index in [1.54, 1.807) is 7.05 Å². The second-order valence-electron chi connectivity index (χ2n) is 2.17. The Morgan fingerprint density at radius 3 is 2.27 bits per heavy atom. The third kappa shape index (κ3) is 1.02. The first-order chi connectivity index (χ1) is 5.04. The third-order valence-electron chi connectivity index (χ3n) is 1.49. The Morgan fingerprint density at radius 2 is 2.09 bits per heavy atom. The first-order valence-electron chi connectivity index (χ1n) is 2.91. The predicted octanol–water partition coefficient (Wildman–Crippen LogP) is -0.368. The normalized spacial score (nSPS) is 10.0. The van der Waals surface area contributed by atoms with E-state index in [2.05, 4.69) is 0 Å². The molecule has 0 aliphatic carbocycles. The van der Waals surface area contributed by atoms with Crippen LogP contribution in [0.5, 0.6) is 0 Å². The topological polar surface area (TPSA) is 70.1 Å². The van der Waals surface area contributed by atoms with E-state index in [0.29, 0.717) is 0 Å². The third-order valence-corrected chi connectivity index (χ3v) is 1.49. The van der Waals surface area contributed by atoms with Crippen molar-refractivity contribution < 1.29 is 4.92 Å². The second kappa shape index (κ2) is 2.22. The van der Waals surface area contributed by atoms with Crippen LogP contribution in [0.4, 0.5) is 5.69 Å². The fraction of sp³-hybridized carbons (Fsp3) is 0.400. The number of nitro groups is 1. The summed E-state index contributed by atoms with van der Waals surface area (Å²) >= 11 is 0. The van der Waals surface area contributed by atoms with Crippen molar-refractivity contribution in [2.24, 2.45) is 14.1 Å². The van der Waals surface area contributed by atoms with Crippen molar-refractivity contribution in [3.63, 3.8) is 0 Å². The van der Waals surface area contributed by atoms with Gasteiger partial charge in [0.05, 0.1) is 4.92 Å². The van der Waals surface area contributed by atoms with Gasteiger partial charge in [-0.3, -0.25) is 19.6 Å². The zero-order valence-corrected chi connectivity index (χ0v) is 6.14. The largest absolute Gasteiger partial charge is 0.353 e. The van der Waals surface area contributed by atoms with E-state index in [9.17, 15) is 14.9 Å². The molecule has 0 saturated heterocycles. The number of aryl methyl sites for hydroxylation is 1. The quantitative estimate of drug-likeness (QED) is 0.412. The summed E-state index contributed by atoms with van der Waals surface area (Å²) in [6.45, 7) is 0. The number of hydrogen-bond donors (Lipinski definition) is 0. The molecule has 0 aliphatic heterocycles. The van der Waals surface area contributed by atoms with Crippen LogP contribution in [0.3, 0.4) is 0 Å². The van der Waals surface area contributed by atoms with Gasteiger partial charge in [0.15, 0.2) is 0 Å². The number of rotatable bonds is 1. The molecule has 0 amide bonds. The first kappa shape index (κ1) is 7.52. The maximum atomic E-state index is 10.9. The molecular weight excluding hydrogens is 150 g/mol. The van der Waals surface area contributed by atoms with Gasteiger partial charge in [-0.05, 0) is 0 Å². The molecule has 0 aromatic carbocycles. The van der Waals surface area contributed by atoms with Crippen LogP contribution in [-0.4, -0.2) is 14.3 Å². The second-order valence-corrected chi connectivity index (χ2v) is 2.17. The average Bonchev–Trinajstić information content (AvgIpc) is 2.17. The summed E-state index contributed by atoms with van der Waals surface area (Å²) in [6.07, 6.45) is 1.18. The van der Waals surface area contributed by atoms with Crippen LogP contribution in [-0.2, 0) is 14.1 Å². The molecule has 0 radical (unpaired) electrons. The lowest BCUT2D eigenvalue weighted by Crippen LogP contribution is -2.18. The van der Waals surface area contributed by atoms with E-state index >= 15 is 0 Å². The molecule has 0 fully saturated rings. The highest BCUT2D eigenvalue weighted by molar-refractivity contribution is 5.21. The SMILES string of the molecule is Cn1cc([N+](=O)[O-])c(=O)n1C. The average molecular weight is 157 g/mol. The van der Waals surface area contributed by atoms with E-state index in [-0.39, 0.29) is 0 Å². The molecule has 1 aromatic rings. The summed E-state index contributed by atoms with van der Waals surface area (Å²) < 4.78 is 2.53. The fourth-order valence-electron chi connectivity index (χ4n) is 0.753. The van der Waals surface area contributed by atoms with Crippen molar-refractivity contribution >= 4 is 5.69 Å². The summed E-state index contributed by atoms with van der Waals surface area (Å²) in [7, 11) is 3.03. The van der Waals surface area contributed by atoms with E-state index in [1.165, 1.54) is 17.9 Å². The van der Waals surface area contributed by atoms with Crippen LogP contribution in [0.2, 0.25) is 0 Å². The Balaban J connectivity index is 3.42. The van der Waals surface area contributed by atoms with Crippen LogP contribution in [0.15, 0.2) is 11.0 Å². The van der Waals surface area contributed by atoms with Gasteiger partial charge in [0, 0.05) is 14.1 Å². The van der Waals surface area contributed by atoms with Gasteiger partial charge in [-0.1, -0.05) is 0 Å². The maximum Gasteiger partial charge on any atom is 0.353 e. The minimum Gasteiger partial charge on any atom is -0.286 e. The van der Waals surface area contributed by atoms with Gasteiger partial charge >= 0.3 is 11.2 Å². The molecule has 0 atom stereocenters. The Kier molecular flexibility index (Phi) is 1.52. The van der Waals surface area contributed by atoms with Gasteiger partial charge in [-0.2, -0.15) is 0 Å². The van der Waals surface area contributed by atoms with Crippen molar-refractivity contribution in [1.82, 2.24) is 9.36 Å². The van der Waals surface area contributed by atoms with Gasteiger partial charge < -0.3 is 0 Å². The summed E-state index contributed by atoms with van der Waals surface area (Å²) in [5, 5.41) is 10.2. The highest BCUT2D eigenvalue weighted by atomic mass is 16.6. The van der Waals surface area contributed by atoms with Gasteiger partial charge in [-0.25, -0.2) is 4.68 Å². The highest BCUT2D eigenvalue weighted by Crippen LogP contribution is 2.00. The first-order valence-corrected chi connectivity index (χ1v) is 2.91. The van der Waals surface area contributed by atoms with Gasteiger partial charge in [0.25, 0.3) is 0 Å². The van der Waals surface area contributed by atoms with Crippen LogP contribution in [0, 0.1) is 10.1 Å². The molecule has 0 N–H and O–H groups in total. The molecule has 60 valence electrons. The van der Waals surface area contributed by atoms with Crippen LogP contribution >= 0.6 is 0 Å². The lowest BCUT2D eigenvalue weighted by Gasteiger charge is -1.93. The van der Waals surface area contributed by atoms with Gasteiger partial charge in [-0.15, -0.1) is 0 Å². The molecule has 0 unspecified atom stereocenters. The summed E-state index contributed by atoms with van der Waals surface area (Å²) in [5.41, 5.74) is -0.979. The Bertz CT molecular complexity index is 348. The maximum absolute atomic E-state index is 10.9. The summed E-state index contributed by atoms with van der Waals surface area (Å²) in [6, 6.07) is 0. The molecular formula is C5H7N3O3. The van der Waals surface area contributed by atoms with Crippen LogP contribution in [0.25, 0.3) is 0 Å². The number of aromatic nitrogens is 2. The lowest BCUT2D eigenvalue weighted by atomic mass is 10.6. The van der Waals surface area contributed by atoms with Crippen molar-refractivity contribution in [2.75, 3.05) is 0 Å². The van der Waals surface area contributed by atoms with Crippen molar-refractivity contribution in [1.29, 1.82) is 0 Å². The van der Waals surface area contributed by atoms with Gasteiger partial charge in [0.2, 0.25) is 0 Å². The molecule has 6 nitrogen and oxygen atoms in total. The standard InChI is InChI=1S/C5H7N3O3/c1-6-3-4(8(10)11)5(9)7(6)2/h3H,1-2H3. The Morgan fingerprint density at radius 1 is 1.55 bits per heavy atom.